The number of aliphatic hydroxyl groups is 1. The predicted octanol–water partition coefficient (Wildman–Crippen LogP) is 7.38. The molecule has 356 valence electrons. The minimum atomic E-state index is -0.861. The third kappa shape index (κ3) is 9.66. The van der Waals surface area contributed by atoms with Crippen LogP contribution in [-0.4, -0.2) is 115 Å². The van der Waals surface area contributed by atoms with Crippen molar-refractivity contribution in [2.45, 2.75) is 76.7 Å². The molecule has 0 bridgehead atoms. The molecule has 4 aromatic rings. The van der Waals surface area contributed by atoms with Crippen LogP contribution in [0.3, 0.4) is 0 Å². The molecule has 66 heavy (non-hydrogen) atoms. The quantitative estimate of drug-likeness (QED) is 0.0935. The summed E-state index contributed by atoms with van der Waals surface area (Å²) in [5, 5.41) is 9.56. The number of ether oxygens (including phenoxy) is 8. The number of nitrogens with zero attached hydrogens (tertiary/aromatic N) is 2. The number of carbonyl (C=O) groups is 1. The Labute approximate surface area is 387 Å². The second-order valence-electron chi connectivity index (χ2n) is 17.7. The molecule has 14 nitrogen and oxygen atoms in total. The van der Waals surface area contributed by atoms with Gasteiger partial charge in [-0.05, 0) is 116 Å². The summed E-state index contributed by atoms with van der Waals surface area (Å²) in [5.41, 5.74) is 5.44. The number of aliphatic hydroxyl groups excluding tert-OH is 1. The zero-order valence-electron chi connectivity index (χ0n) is 39.3. The smallest absolute Gasteiger partial charge is 0.289 e. The highest BCUT2D eigenvalue weighted by atomic mass is 16.7. The van der Waals surface area contributed by atoms with Gasteiger partial charge in [-0.2, -0.15) is 0 Å². The Bertz CT molecular complexity index is 2400. The lowest BCUT2D eigenvalue weighted by Gasteiger charge is -2.49. The van der Waals surface area contributed by atoms with Gasteiger partial charge in [0.15, 0.2) is 34.2 Å². The molecule has 5 heterocycles. The summed E-state index contributed by atoms with van der Waals surface area (Å²) in [6, 6.07) is 15.5. The number of methoxy groups -OCH3 is 4. The molecule has 4 aliphatic rings. The molecule has 1 saturated heterocycles. The molecule has 8 rings (SSSR count). The van der Waals surface area contributed by atoms with Crippen molar-refractivity contribution in [3.8, 4) is 23.0 Å². The number of amides is 1. The Morgan fingerprint density at radius 2 is 1.47 bits per heavy atom. The molecule has 0 radical (unpaired) electrons. The van der Waals surface area contributed by atoms with Crippen molar-refractivity contribution in [1.29, 1.82) is 0 Å². The predicted molar refractivity (Wildman–Crippen MR) is 248 cm³/mol. The van der Waals surface area contributed by atoms with Crippen LogP contribution < -0.4 is 24.4 Å². The molecule has 4 aliphatic heterocycles. The number of rotatable bonds is 19. The Morgan fingerprint density at radius 1 is 0.803 bits per heavy atom. The van der Waals surface area contributed by atoms with E-state index in [9.17, 15) is 4.79 Å². The monoisotopic (exact) mass is 910 g/mol. The number of piperidine rings is 1. The molecule has 0 aliphatic carbocycles. The van der Waals surface area contributed by atoms with Crippen molar-refractivity contribution >= 4 is 16.9 Å². The molecule has 1 N–H and O–H groups in total. The first-order chi connectivity index (χ1) is 32.2. The van der Waals surface area contributed by atoms with Gasteiger partial charge in [0.05, 0.1) is 72.6 Å². The van der Waals surface area contributed by atoms with Gasteiger partial charge >= 0.3 is 0 Å². The van der Waals surface area contributed by atoms with E-state index in [2.05, 4.69) is 36.1 Å². The number of fused-ring (bicyclic) bond motifs is 5. The molecule has 7 atom stereocenters. The van der Waals surface area contributed by atoms with Gasteiger partial charge in [-0.15, -0.1) is 0 Å². The summed E-state index contributed by atoms with van der Waals surface area (Å²) in [4.78, 5) is 34.5. The third-order valence-electron chi connectivity index (χ3n) is 14.3. The lowest BCUT2D eigenvalue weighted by molar-refractivity contribution is -0.173. The lowest BCUT2D eigenvalue weighted by atomic mass is 9.72. The van der Waals surface area contributed by atoms with Crippen molar-refractivity contribution in [3.63, 3.8) is 0 Å². The van der Waals surface area contributed by atoms with Gasteiger partial charge in [-0.25, -0.2) is 0 Å². The van der Waals surface area contributed by atoms with Gasteiger partial charge in [0.25, 0.3) is 5.91 Å². The third-order valence-corrected chi connectivity index (χ3v) is 14.3. The van der Waals surface area contributed by atoms with Crippen LogP contribution in [0.15, 0.2) is 75.8 Å². The molecular weight excluding hydrogens is 845 g/mol. The van der Waals surface area contributed by atoms with Crippen LogP contribution in [0.5, 0.6) is 23.0 Å². The van der Waals surface area contributed by atoms with Crippen molar-refractivity contribution in [2.24, 2.45) is 17.8 Å². The average Bonchev–Trinajstić information content (AvgIpc) is 3.35. The van der Waals surface area contributed by atoms with Crippen LogP contribution >= 0.6 is 0 Å². The maximum atomic E-state index is 15.5. The summed E-state index contributed by atoms with van der Waals surface area (Å²) in [7, 11) is 6.66. The van der Waals surface area contributed by atoms with E-state index in [-0.39, 0.29) is 48.3 Å². The van der Waals surface area contributed by atoms with Crippen molar-refractivity contribution < 1.29 is 52.2 Å². The number of carbonyl (C=O) groups excluding carboxylic acids is 1. The fourth-order valence-corrected chi connectivity index (χ4v) is 10.9. The van der Waals surface area contributed by atoms with Gasteiger partial charge in [0.2, 0.25) is 6.29 Å². The van der Waals surface area contributed by atoms with Crippen LogP contribution in [0, 0.1) is 17.8 Å². The molecule has 0 unspecified atom stereocenters. The molecule has 1 aromatic heterocycles. The molecule has 1 fully saturated rings. The highest BCUT2D eigenvalue weighted by molar-refractivity contribution is 5.92. The molecular formula is C52H66N2O12. The second kappa shape index (κ2) is 21.7. The molecule has 1 amide bonds. The van der Waals surface area contributed by atoms with E-state index in [1.54, 1.807) is 40.6 Å². The van der Waals surface area contributed by atoms with E-state index < -0.39 is 18.1 Å². The van der Waals surface area contributed by atoms with Gasteiger partial charge in [0.1, 0.15) is 5.58 Å². The summed E-state index contributed by atoms with van der Waals surface area (Å²) in [6.45, 7) is 8.03. The van der Waals surface area contributed by atoms with Crippen molar-refractivity contribution in [2.75, 3.05) is 87.7 Å². The Morgan fingerprint density at radius 3 is 2.17 bits per heavy atom. The number of benzene rings is 3. The summed E-state index contributed by atoms with van der Waals surface area (Å²) in [5.74, 6) is 2.29. The first-order valence-corrected chi connectivity index (χ1v) is 23.6. The number of allylic oxidation sites excluding steroid dienone is 1. The SMILES string of the molecule is CCO[C@@H]1OC(C(=O)N2CCc3cc(OC)c(OC)cc3[C@H]2C[C@H]2C[C@H]3c4cc(OC)c(OC)cc4CCN3C[C@@H]2CC)=C[C@H](c2coc3ccccc3c2=O)[C@@H]1CCOCCOCCO. The van der Waals surface area contributed by atoms with E-state index in [0.29, 0.717) is 79.8 Å². The minimum absolute atomic E-state index is 0.0626. The highest BCUT2D eigenvalue weighted by Crippen LogP contribution is 2.50. The molecule has 0 spiro atoms. The topological polar surface area (TPSA) is 148 Å². The van der Waals surface area contributed by atoms with E-state index in [1.165, 1.54) is 17.4 Å². The first-order valence-electron chi connectivity index (χ1n) is 23.6. The van der Waals surface area contributed by atoms with Gasteiger partial charge in [0, 0.05) is 56.3 Å². The minimum Gasteiger partial charge on any atom is -0.493 e. The Balaban J connectivity index is 1.16. The van der Waals surface area contributed by atoms with Gasteiger partial charge in [-0.3, -0.25) is 14.5 Å². The van der Waals surface area contributed by atoms with Crippen LogP contribution in [0.25, 0.3) is 11.0 Å². The summed E-state index contributed by atoms with van der Waals surface area (Å²) >= 11 is 0. The molecule has 14 heteroatoms. The first kappa shape index (κ1) is 47.4. The van der Waals surface area contributed by atoms with E-state index in [4.69, 9.17) is 47.4 Å². The van der Waals surface area contributed by atoms with E-state index >= 15 is 4.79 Å². The number of hydrogen-bond donors (Lipinski definition) is 1. The maximum Gasteiger partial charge on any atom is 0.289 e. The van der Waals surface area contributed by atoms with Crippen LogP contribution in [0.1, 0.15) is 85.3 Å². The van der Waals surface area contributed by atoms with Crippen molar-refractivity contribution in [1.82, 2.24) is 9.80 Å². The fraction of sp³-hybridized carbons (Fsp3) is 0.538. The van der Waals surface area contributed by atoms with Gasteiger partial charge in [-0.1, -0.05) is 25.5 Å². The standard InChI is InChI=1S/C52H66N2O12/c1-7-32-30-53-16-13-33-25-45(58-3)47(60-5)27-38(33)42(53)23-35(32)24-43-39-28-48(61-6)46(59-4)26-34(39)14-17-54(43)51(57)49-29-40(41-31-65-44-12-10-9-11-37(44)50(41)56)36(52(66-49)64-8-2)15-19-62-21-22-63-20-18-55/h9-12,25-29,31-32,35-36,40,42-43,52,55H,7-8,13-24,30H2,1-6H3/t32-,35+,36-,40-,42-,43+,52+/m0/s1. The summed E-state index contributed by atoms with van der Waals surface area (Å²) in [6.07, 6.45) is 7.13. The van der Waals surface area contributed by atoms with E-state index in [0.717, 1.165) is 61.4 Å². The Hall–Kier alpha value is -5.12. The lowest BCUT2D eigenvalue weighted by Crippen LogP contribution is -2.48. The number of hydrogen-bond acceptors (Lipinski definition) is 13. The maximum absolute atomic E-state index is 15.5. The molecule has 0 saturated carbocycles. The van der Waals surface area contributed by atoms with E-state index in [1.807, 2.05) is 30.0 Å². The zero-order chi connectivity index (χ0) is 46.3. The van der Waals surface area contributed by atoms with Gasteiger partial charge < -0.3 is 52.3 Å². The molecule has 3 aromatic carbocycles. The Kier molecular flexibility index (Phi) is 15.6. The largest absolute Gasteiger partial charge is 0.493 e. The highest BCUT2D eigenvalue weighted by Gasteiger charge is 2.45. The number of para-hydroxylation sites is 1. The second-order valence-corrected chi connectivity index (χ2v) is 17.7. The fourth-order valence-electron chi connectivity index (χ4n) is 10.9. The summed E-state index contributed by atoms with van der Waals surface area (Å²) < 4.78 is 53.6. The van der Waals surface area contributed by atoms with Crippen molar-refractivity contribution in [3.05, 3.63) is 105 Å². The van der Waals surface area contributed by atoms with Crippen LogP contribution in [0.4, 0.5) is 0 Å². The zero-order valence-corrected chi connectivity index (χ0v) is 39.3. The normalized spacial score (nSPS) is 23.8. The average molecular weight is 911 g/mol. The van der Waals surface area contributed by atoms with Crippen LogP contribution in [0.2, 0.25) is 0 Å². The van der Waals surface area contributed by atoms with Crippen LogP contribution in [-0.2, 0) is 36.6 Å².